The van der Waals surface area contributed by atoms with Crippen LogP contribution in [0.5, 0.6) is 0 Å². The monoisotopic (exact) mass is 155 g/mol. The first-order valence-electron chi connectivity index (χ1n) is 4.24. The minimum Gasteiger partial charge on any atom is -0.480 e. The molecule has 62 valence electrons. The van der Waals surface area contributed by atoms with Gasteiger partial charge in [0.25, 0.3) is 0 Å². The molecule has 1 saturated carbocycles. The molecule has 2 fully saturated rings. The molecule has 0 amide bonds. The van der Waals surface area contributed by atoms with Gasteiger partial charge >= 0.3 is 5.97 Å². The second kappa shape index (κ2) is 2.21. The summed E-state index contributed by atoms with van der Waals surface area (Å²) in [6, 6.07) is 0. The number of fused-ring (bicyclic) bond motifs is 1. The van der Waals surface area contributed by atoms with Crippen molar-refractivity contribution in [3.05, 3.63) is 0 Å². The average molecular weight is 155 g/mol. The van der Waals surface area contributed by atoms with Crippen molar-refractivity contribution < 1.29 is 9.90 Å². The summed E-state index contributed by atoms with van der Waals surface area (Å²) in [7, 11) is 0. The first-order valence-corrected chi connectivity index (χ1v) is 4.24. The molecule has 3 nitrogen and oxygen atoms in total. The summed E-state index contributed by atoms with van der Waals surface area (Å²) in [4.78, 5) is 10.9. The summed E-state index contributed by atoms with van der Waals surface area (Å²) in [6.07, 6.45) is 4.04. The van der Waals surface area contributed by atoms with Crippen molar-refractivity contribution in [1.29, 1.82) is 0 Å². The number of hydrogen-bond acceptors (Lipinski definition) is 2. The number of carboxylic acids is 1. The third kappa shape index (κ3) is 0.805. The number of hydrogen-bond donors (Lipinski definition) is 2. The van der Waals surface area contributed by atoms with Crippen molar-refractivity contribution in [3.63, 3.8) is 0 Å². The van der Waals surface area contributed by atoms with Gasteiger partial charge in [-0.1, -0.05) is 6.42 Å². The van der Waals surface area contributed by atoms with Crippen molar-refractivity contribution >= 4 is 5.97 Å². The zero-order chi connectivity index (χ0) is 7.90. The van der Waals surface area contributed by atoms with E-state index in [0.29, 0.717) is 5.92 Å². The molecule has 0 aromatic rings. The Hall–Kier alpha value is -0.570. The van der Waals surface area contributed by atoms with Crippen LogP contribution >= 0.6 is 0 Å². The van der Waals surface area contributed by atoms with Crippen LogP contribution < -0.4 is 5.32 Å². The van der Waals surface area contributed by atoms with Crippen molar-refractivity contribution in [3.8, 4) is 0 Å². The van der Waals surface area contributed by atoms with Crippen LogP contribution in [0.4, 0.5) is 0 Å². The highest BCUT2D eigenvalue weighted by Crippen LogP contribution is 2.41. The molecule has 1 aliphatic carbocycles. The fourth-order valence-electron chi connectivity index (χ4n) is 2.53. The van der Waals surface area contributed by atoms with Crippen LogP contribution in [-0.4, -0.2) is 23.2 Å². The van der Waals surface area contributed by atoms with Crippen molar-refractivity contribution in [2.45, 2.75) is 31.2 Å². The number of carbonyl (C=O) groups is 1. The minimum atomic E-state index is -0.641. The fourth-order valence-corrected chi connectivity index (χ4v) is 2.53. The molecule has 2 rings (SSSR count). The first kappa shape index (κ1) is 7.10. The summed E-state index contributed by atoms with van der Waals surface area (Å²) < 4.78 is 0. The van der Waals surface area contributed by atoms with Crippen LogP contribution in [-0.2, 0) is 4.79 Å². The van der Waals surface area contributed by atoms with Gasteiger partial charge in [0.1, 0.15) is 5.54 Å². The van der Waals surface area contributed by atoms with Gasteiger partial charge in [0.05, 0.1) is 0 Å². The van der Waals surface area contributed by atoms with E-state index in [4.69, 9.17) is 5.11 Å². The second-order valence-corrected chi connectivity index (χ2v) is 3.58. The highest BCUT2D eigenvalue weighted by molar-refractivity contribution is 5.80. The molecule has 0 bridgehead atoms. The standard InChI is InChI=1S/C8H13NO2/c10-7(11)8-4-1-2-6(8)3-5-9-8/h6,9H,1-5H2,(H,10,11)/t6-,8-/m0/s1. The quantitative estimate of drug-likeness (QED) is 0.583. The highest BCUT2D eigenvalue weighted by Gasteiger charge is 2.51. The molecule has 0 aromatic carbocycles. The van der Waals surface area contributed by atoms with Gasteiger partial charge in [-0.05, 0) is 31.7 Å². The lowest BCUT2D eigenvalue weighted by Gasteiger charge is -2.23. The molecular formula is C8H13NO2. The van der Waals surface area contributed by atoms with Gasteiger partial charge in [-0.2, -0.15) is 0 Å². The van der Waals surface area contributed by atoms with Crippen molar-refractivity contribution in [2.24, 2.45) is 5.92 Å². The van der Waals surface area contributed by atoms with Gasteiger partial charge < -0.3 is 10.4 Å². The third-order valence-electron chi connectivity index (χ3n) is 3.14. The summed E-state index contributed by atoms with van der Waals surface area (Å²) in [6.45, 7) is 0.886. The predicted molar refractivity (Wildman–Crippen MR) is 40.3 cm³/mol. The van der Waals surface area contributed by atoms with Gasteiger partial charge in [0.15, 0.2) is 0 Å². The van der Waals surface area contributed by atoms with E-state index in [0.717, 1.165) is 32.2 Å². The number of aliphatic carboxylic acids is 1. The van der Waals surface area contributed by atoms with Crippen LogP contribution in [0.25, 0.3) is 0 Å². The Labute approximate surface area is 65.8 Å². The lowest BCUT2D eigenvalue weighted by Crippen LogP contribution is -2.49. The van der Waals surface area contributed by atoms with Gasteiger partial charge in [-0.15, -0.1) is 0 Å². The number of rotatable bonds is 1. The zero-order valence-corrected chi connectivity index (χ0v) is 6.47. The van der Waals surface area contributed by atoms with E-state index in [1.807, 2.05) is 0 Å². The maximum absolute atomic E-state index is 10.9. The van der Waals surface area contributed by atoms with Gasteiger partial charge in [0, 0.05) is 0 Å². The van der Waals surface area contributed by atoms with Gasteiger partial charge in [-0.25, -0.2) is 0 Å². The summed E-state index contributed by atoms with van der Waals surface area (Å²) in [5.41, 5.74) is -0.528. The van der Waals surface area contributed by atoms with Crippen LogP contribution in [0.2, 0.25) is 0 Å². The Bertz CT molecular complexity index is 181. The maximum atomic E-state index is 10.9. The molecular weight excluding hydrogens is 142 g/mol. The molecule has 0 spiro atoms. The largest absolute Gasteiger partial charge is 0.480 e. The Morgan fingerprint density at radius 2 is 2.36 bits per heavy atom. The van der Waals surface area contributed by atoms with Gasteiger partial charge in [-0.3, -0.25) is 4.79 Å². The van der Waals surface area contributed by atoms with E-state index in [1.54, 1.807) is 0 Å². The topological polar surface area (TPSA) is 49.3 Å². The molecule has 11 heavy (non-hydrogen) atoms. The minimum absolute atomic E-state index is 0.403. The predicted octanol–water partition coefficient (Wildman–Crippen LogP) is 0.603. The van der Waals surface area contributed by atoms with Gasteiger partial charge in [0.2, 0.25) is 0 Å². The van der Waals surface area contributed by atoms with Crippen LogP contribution in [0.1, 0.15) is 25.7 Å². The lowest BCUT2D eigenvalue weighted by molar-refractivity contribution is -0.145. The SMILES string of the molecule is O=C(O)[C@]12CCC[C@H]1CCN2. The Balaban J connectivity index is 2.26. The van der Waals surface area contributed by atoms with E-state index in [-0.39, 0.29) is 0 Å². The summed E-state index contributed by atoms with van der Waals surface area (Å²) in [5, 5.41) is 12.1. The fraction of sp³-hybridized carbons (Fsp3) is 0.875. The van der Waals surface area contributed by atoms with E-state index in [2.05, 4.69) is 5.32 Å². The zero-order valence-electron chi connectivity index (χ0n) is 6.47. The molecule has 2 aliphatic rings. The third-order valence-corrected chi connectivity index (χ3v) is 3.14. The number of nitrogens with one attached hydrogen (secondary N) is 1. The smallest absolute Gasteiger partial charge is 0.324 e. The van der Waals surface area contributed by atoms with E-state index < -0.39 is 11.5 Å². The molecule has 0 unspecified atom stereocenters. The molecule has 2 N–H and O–H groups in total. The van der Waals surface area contributed by atoms with Crippen LogP contribution in [0, 0.1) is 5.92 Å². The maximum Gasteiger partial charge on any atom is 0.324 e. The Morgan fingerprint density at radius 1 is 1.55 bits per heavy atom. The van der Waals surface area contributed by atoms with Crippen molar-refractivity contribution in [1.82, 2.24) is 5.32 Å². The summed E-state index contributed by atoms with van der Waals surface area (Å²) >= 11 is 0. The Morgan fingerprint density at radius 3 is 3.00 bits per heavy atom. The second-order valence-electron chi connectivity index (χ2n) is 3.58. The molecule has 3 heteroatoms. The first-order chi connectivity index (χ1) is 5.26. The molecule has 0 aromatic heterocycles. The molecule has 0 radical (unpaired) electrons. The molecule has 1 saturated heterocycles. The van der Waals surface area contributed by atoms with Crippen LogP contribution in [0.15, 0.2) is 0 Å². The Kier molecular flexibility index (Phi) is 1.42. The van der Waals surface area contributed by atoms with E-state index in [9.17, 15) is 4.79 Å². The lowest BCUT2D eigenvalue weighted by atomic mass is 9.89. The van der Waals surface area contributed by atoms with Crippen molar-refractivity contribution in [2.75, 3.05) is 6.54 Å². The van der Waals surface area contributed by atoms with E-state index >= 15 is 0 Å². The number of carboxylic acid groups (broad SMARTS) is 1. The summed E-state index contributed by atoms with van der Waals surface area (Å²) in [5.74, 6) is -0.238. The molecule has 2 atom stereocenters. The van der Waals surface area contributed by atoms with Crippen LogP contribution in [0.3, 0.4) is 0 Å². The van der Waals surface area contributed by atoms with E-state index in [1.165, 1.54) is 0 Å². The normalized spacial score (nSPS) is 42.4. The highest BCUT2D eigenvalue weighted by atomic mass is 16.4. The average Bonchev–Trinajstić information content (AvgIpc) is 2.40. The molecule has 1 aliphatic heterocycles. The molecule has 1 heterocycles.